The lowest BCUT2D eigenvalue weighted by atomic mass is 10.2. The molecule has 1 amide bonds. The molecule has 0 aliphatic rings. The van der Waals surface area contributed by atoms with Gasteiger partial charge in [-0.15, -0.1) is 11.3 Å². The molecular weight excluding hydrogens is 374 g/mol. The number of nitrogens with one attached hydrogen (secondary N) is 1. The molecule has 4 aromatic rings. The van der Waals surface area contributed by atoms with Crippen LogP contribution in [0, 0.1) is 10.1 Å². The van der Waals surface area contributed by atoms with Crippen LogP contribution in [0.25, 0.3) is 20.3 Å². The number of amides is 1. The van der Waals surface area contributed by atoms with Crippen molar-refractivity contribution < 1.29 is 14.5 Å². The normalized spacial score (nSPS) is 11.0. The first-order valence-corrected chi connectivity index (χ1v) is 9.11. The van der Waals surface area contributed by atoms with E-state index in [1.807, 2.05) is 18.2 Å². The molecule has 0 fully saturated rings. The minimum atomic E-state index is -0.453. The Morgan fingerprint density at radius 3 is 2.81 bits per heavy atom. The maximum Gasteiger partial charge on any atom is 0.270 e. The van der Waals surface area contributed by atoms with Crippen molar-refractivity contribution in [1.82, 2.24) is 4.98 Å². The van der Waals surface area contributed by atoms with Crippen LogP contribution in [-0.4, -0.2) is 22.9 Å². The number of carbonyl (C=O) groups is 1. The maximum absolute atomic E-state index is 12.5. The lowest BCUT2D eigenvalue weighted by Gasteiger charge is -1.98. The summed E-state index contributed by atoms with van der Waals surface area (Å²) in [6.07, 6.45) is 0. The minimum Gasteiger partial charge on any atom is -0.494 e. The van der Waals surface area contributed by atoms with Gasteiger partial charge in [0.25, 0.3) is 11.6 Å². The van der Waals surface area contributed by atoms with Gasteiger partial charge < -0.3 is 4.74 Å². The highest BCUT2D eigenvalue weighted by molar-refractivity contribution is 7.23. The van der Waals surface area contributed by atoms with Gasteiger partial charge in [-0.05, 0) is 24.3 Å². The number of anilines is 1. The van der Waals surface area contributed by atoms with Crippen molar-refractivity contribution in [3.05, 3.63) is 57.5 Å². The van der Waals surface area contributed by atoms with Crippen LogP contribution in [0.15, 0.2) is 42.5 Å². The van der Waals surface area contributed by atoms with Gasteiger partial charge in [0.15, 0.2) is 5.13 Å². The first-order chi connectivity index (χ1) is 12.5. The highest BCUT2D eigenvalue weighted by atomic mass is 32.1. The number of methoxy groups -OCH3 is 1. The van der Waals surface area contributed by atoms with E-state index in [1.54, 1.807) is 19.2 Å². The second kappa shape index (κ2) is 6.36. The molecule has 0 saturated carbocycles. The van der Waals surface area contributed by atoms with E-state index in [9.17, 15) is 14.9 Å². The Kier molecular flexibility index (Phi) is 4.02. The van der Waals surface area contributed by atoms with Gasteiger partial charge in [0, 0.05) is 22.2 Å². The Balaban J connectivity index is 1.64. The number of hydrogen-bond acceptors (Lipinski definition) is 7. The molecule has 0 aliphatic heterocycles. The van der Waals surface area contributed by atoms with E-state index in [0.717, 1.165) is 9.40 Å². The van der Waals surface area contributed by atoms with Gasteiger partial charge >= 0.3 is 0 Å². The third kappa shape index (κ3) is 2.87. The third-order valence-electron chi connectivity index (χ3n) is 3.76. The second-order valence-electron chi connectivity index (χ2n) is 5.37. The molecule has 2 aromatic heterocycles. The number of nitrogens with zero attached hydrogens (tertiary/aromatic N) is 2. The molecule has 2 aromatic carbocycles. The molecule has 9 heteroatoms. The summed E-state index contributed by atoms with van der Waals surface area (Å²) in [5.74, 6) is 0.347. The second-order valence-corrected chi connectivity index (χ2v) is 7.48. The number of thiophene rings is 1. The monoisotopic (exact) mass is 385 g/mol. The molecule has 4 rings (SSSR count). The Hall–Kier alpha value is -3.04. The number of hydrogen-bond donors (Lipinski definition) is 1. The molecule has 0 unspecified atom stereocenters. The van der Waals surface area contributed by atoms with Crippen molar-refractivity contribution in [1.29, 1.82) is 0 Å². The highest BCUT2D eigenvalue weighted by Gasteiger charge is 2.16. The van der Waals surface area contributed by atoms with E-state index in [0.29, 0.717) is 26.7 Å². The van der Waals surface area contributed by atoms with E-state index in [1.165, 1.54) is 34.8 Å². The number of nitro groups is 1. The Bertz CT molecular complexity index is 1170. The first-order valence-electron chi connectivity index (χ1n) is 7.48. The number of nitro benzene ring substituents is 1. The molecular formula is C17H11N3O4S2. The zero-order valence-electron chi connectivity index (χ0n) is 13.4. The van der Waals surface area contributed by atoms with Crippen LogP contribution in [0.5, 0.6) is 5.75 Å². The quantitative estimate of drug-likeness (QED) is 0.406. The largest absolute Gasteiger partial charge is 0.494 e. The van der Waals surface area contributed by atoms with Crippen LogP contribution in [0.1, 0.15) is 9.67 Å². The predicted octanol–water partition coefficient (Wildman–Crippen LogP) is 4.68. The van der Waals surface area contributed by atoms with E-state index in [-0.39, 0.29) is 11.6 Å². The van der Waals surface area contributed by atoms with Crippen molar-refractivity contribution in [3.63, 3.8) is 0 Å². The van der Waals surface area contributed by atoms with Crippen LogP contribution >= 0.6 is 22.7 Å². The lowest BCUT2D eigenvalue weighted by molar-refractivity contribution is -0.384. The zero-order chi connectivity index (χ0) is 18.3. The third-order valence-corrected chi connectivity index (χ3v) is 5.81. The van der Waals surface area contributed by atoms with E-state index in [4.69, 9.17) is 4.74 Å². The topological polar surface area (TPSA) is 94.4 Å². The van der Waals surface area contributed by atoms with Gasteiger partial charge in [0.05, 0.1) is 21.6 Å². The van der Waals surface area contributed by atoms with Gasteiger partial charge in [-0.25, -0.2) is 4.98 Å². The summed E-state index contributed by atoms with van der Waals surface area (Å²) in [5.41, 5.74) is 0.697. The molecule has 0 atom stereocenters. The summed E-state index contributed by atoms with van der Waals surface area (Å²) >= 11 is 2.63. The Morgan fingerprint density at radius 1 is 1.19 bits per heavy atom. The summed E-state index contributed by atoms with van der Waals surface area (Å²) in [6, 6.07) is 11.8. The summed E-state index contributed by atoms with van der Waals surface area (Å²) in [4.78, 5) is 27.8. The number of ether oxygens (including phenoxy) is 1. The number of rotatable bonds is 4. The van der Waals surface area contributed by atoms with Crippen LogP contribution in [-0.2, 0) is 0 Å². The van der Waals surface area contributed by atoms with E-state index < -0.39 is 4.92 Å². The Morgan fingerprint density at radius 2 is 2.04 bits per heavy atom. The average Bonchev–Trinajstić information content (AvgIpc) is 3.23. The van der Waals surface area contributed by atoms with Crippen LogP contribution in [0.3, 0.4) is 0 Å². The summed E-state index contributed by atoms with van der Waals surface area (Å²) < 4.78 is 7.00. The number of thiazole rings is 1. The maximum atomic E-state index is 12.5. The van der Waals surface area contributed by atoms with Gasteiger partial charge in [-0.2, -0.15) is 0 Å². The number of fused-ring (bicyclic) bond motifs is 2. The number of para-hydroxylation sites is 1. The van der Waals surface area contributed by atoms with Crippen molar-refractivity contribution in [3.8, 4) is 5.75 Å². The fourth-order valence-electron chi connectivity index (χ4n) is 2.56. The molecule has 0 radical (unpaired) electrons. The number of benzene rings is 2. The van der Waals surface area contributed by atoms with Crippen LogP contribution in [0.4, 0.5) is 10.8 Å². The predicted molar refractivity (Wildman–Crippen MR) is 103 cm³/mol. The van der Waals surface area contributed by atoms with Gasteiger partial charge in [-0.1, -0.05) is 17.4 Å². The number of aromatic nitrogens is 1. The fraction of sp³-hybridized carbons (Fsp3) is 0.0588. The molecule has 0 aliphatic carbocycles. The van der Waals surface area contributed by atoms with Gasteiger partial charge in [0.1, 0.15) is 11.3 Å². The van der Waals surface area contributed by atoms with Crippen molar-refractivity contribution >= 4 is 59.7 Å². The van der Waals surface area contributed by atoms with Gasteiger partial charge in [0.2, 0.25) is 0 Å². The molecule has 0 saturated heterocycles. The highest BCUT2D eigenvalue weighted by Crippen LogP contribution is 2.33. The average molecular weight is 385 g/mol. The standard InChI is InChI=1S/C17H11N3O4S2/c1-24-11-3-2-4-13-15(11)18-17(26-13)19-16(21)14-8-9-7-10(20(22)23)5-6-12(9)25-14/h2-8H,1H3,(H,18,19,21). The minimum absolute atomic E-state index is 0.000487. The fourth-order valence-corrected chi connectivity index (χ4v) is 4.37. The zero-order valence-corrected chi connectivity index (χ0v) is 15.0. The number of non-ortho nitro benzene ring substituents is 1. The molecule has 7 nitrogen and oxygen atoms in total. The lowest BCUT2D eigenvalue weighted by Crippen LogP contribution is -2.09. The molecule has 26 heavy (non-hydrogen) atoms. The van der Waals surface area contributed by atoms with E-state index in [2.05, 4.69) is 10.3 Å². The van der Waals surface area contributed by atoms with Gasteiger partial charge in [-0.3, -0.25) is 20.2 Å². The molecule has 1 N–H and O–H groups in total. The van der Waals surface area contributed by atoms with Crippen molar-refractivity contribution in [2.75, 3.05) is 12.4 Å². The van der Waals surface area contributed by atoms with E-state index >= 15 is 0 Å². The summed E-state index contributed by atoms with van der Waals surface area (Å²) in [7, 11) is 1.57. The van der Waals surface area contributed by atoms with Crippen molar-refractivity contribution in [2.24, 2.45) is 0 Å². The number of carbonyl (C=O) groups excluding carboxylic acids is 1. The summed E-state index contributed by atoms with van der Waals surface area (Å²) in [5, 5.41) is 14.8. The molecule has 130 valence electrons. The van der Waals surface area contributed by atoms with Crippen molar-refractivity contribution in [2.45, 2.75) is 0 Å². The summed E-state index contributed by atoms with van der Waals surface area (Å²) in [6.45, 7) is 0. The Labute approximate surface area is 155 Å². The SMILES string of the molecule is COc1cccc2sc(NC(=O)c3cc4cc([N+](=O)[O-])ccc4s3)nc12. The molecule has 0 spiro atoms. The van der Waals surface area contributed by atoms with Crippen LogP contribution in [0.2, 0.25) is 0 Å². The molecule has 2 heterocycles. The smallest absolute Gasteiger partial charge is 0.270 e. The van der Waals surface area contributed by atoms with Crippen LogP contribution < -0.4 is 10.1 Å². The first kappa shape index (κ1) is 16.4. The molecule has 0 bridgehead atoms.